The van der Waals surface area contributed by atoms with E-state index in [2.05, 4.69) is 24.1 Å². The number of carbonyl (C=O) groups is 1. The van der Waals surface area contributed by atoms with Gasteiger partial charge in [-0.1, -0.05) is 76.9 Å². The summed E-state index contributed by atoms with van der Waals surface area (Å²) in [6, 6.07) is 0. The largest absolute Gasteiger partial charge is 0.544 e. The van der Waals surface area contributed by atoms with Crippen LogP contribution < -0.4 is 10.8 Å². The summed E-state index contributed by atoms with van der Waals surface area (Å²) in [4.78, 5) is 15.6. The fourth-order valence-corrected chi connectivity index (χ4v) is 4.04. The molecule has 0 bridgehead atoms. The van der Waals surface area contributed by atoms with Gasteiger partial charge in [-0.3, -0.25) is 0 Å². The molecule has 1 heterocycles. The molecule has 0 aromatic carbocycles. The Morgan fingerprint density at radius 2 is 1.59 bits per heavy atom. The molecule has 0 amide bonds. The minimum atomic E-state index is -1.05. The predicted octanol–water partition coefficient (Wildman–Crippen LogP) is 4.43. The quantitative estimate of drug-likeness (QED) is 0.196. The SMILES string of the molecule is CC/C=C/CCCCCCCCCCCCCC1=NC=C[N+]1(CCN)CC(=O)[O-]. The summed E-state index contributed by atoms with van der Waals surface area (Å²) in [5, 5.41) is 11.1. The Labute approximate surface area is 178 Å². The molecule has 5 nitrogen and oxygen atoms in total. The van der Waals surface area contributed by atoms with E-state index in [1.165, 1.54) is 70.6 Å². The second-order valence-corrected chi connectivity index (χ2v) is 8.23. The van der Waals surface area contributed by atoms with Crippen molar-refractivity contribution in [2.75, 3.05) is 19.6 Å². The van der Waals surface area contributed by atoms with E-state index in [0.29, 0.717) is 13.1 Å². The molecule has 0 saturated heterocycles. The predicted molar refractivity (Wildman–Crippen MR) is 120 cm³/mol. The standard InChI is InChI=1S/C24H43N3O2/c1-2-3-4-5-6-7-8-9-10-11-12-13-14-15-16-17-23-26-19-21-27(23,20-18-25)22-24(28)29/h3-4,19,21H,2,5-18,20,22,25H2,1H3/b4-3+. The first-order chi connectivity index (χ1) is 14.1. The Bertz CT molecular complexity index is 528. The third-order valence-corrected chi connectivity index (χ3v) is 5.70. The first-order valence-corrected chi connectivity index (χ1v) is 11.8. The van der Waals surface area contributed by atoms with Crippen molar-refractivity contribution in [1.82, 2.24) is 0 Å². The Morgan fingerprint density at radius 3 is 2.14 bits per heavy atom. The fourth-order valence-electron chi connectivity index (χ4n) is 4.04. The molecule has 1 atom stereocenters. The molecule has 0 spiro atoms. The van der Waals surface area contributed by atoms with E-state index >= 15 is 0 Å². The maximum absolute atomic E-state index is 11.1. The third kappa shape index (κ3) is 11.3. The zero-order chi connectivity index (χ0) is 21.2. The average molecular weight is 406 g/mol. The summed E-state index contributed by atoms with van der Waals surface area (Å²) < 4.78 is 0.244. The topological polar surface area (TPSA) is 78.5 Å². The van der Waals surface area contributed by atoms with Crippen LogP contribution in [0.25, 0.3) is 0 Å². The Morgan fingerprint density at radius 1 is 1.00 bits per heavy atom. The van der Waals surface area contributed by atoms with Gasteiger partial charge in [0.2, 0.25) is 5.84 Å². The lowest BCUT2D eigenvalue weighted by molar-refractivity contribution is -0.780. The Kier molecular flexibility index (Phi) is 14.4. The molecule has 0 aliphatic carbocycles. The number of aliphatic imine (C=N–C) groups is 1. The first-order valence-electron chi connectivity index (χ1n) is 11.8. The lowest BCUT2D eigenvalue weighted by Crippen LogP contribution is -2.55. The zero-order valence-corrected chi connectivity index (χ0v) is 18.6. The zero-order valence-electron chi connectivity index (χ0n) is 18.6. The van der Waals surface area contributed by atoms with Gasteiger partial charge in [0.25, 0.3) is 0 Å². The highest BCUT2D eigenvalue weighted by Crippen LogP contribution is 2.21. The first kappa shape index (κ1) is 25.6. The van der Waals surface area contributed by atoms with Crippen LogP contribution in [0.5, 0.6) is 0 Å². The van der Waals surface area contributed by atoms with Gasteiger partial charge in [-0.05, 0) is 25.7 Å². The highest BCUT2D eigenvalue weighted by atomic mass is 16.4. The third-order valence-electron chi connectivity index (χ3n) is 5.70. The van der Waals surface area contributed by atoms with Crippen LogP contribution in [0.1, 0.15) is 96.8 Å². The van der Waals surface area contributed by atoms with Crippen molar-refractivity contribution in [3.05, 3.63) is 24.6 Å². The number of unbranched alkanes of at least 4 members (excludes halogenated alkanes) is 11. The van der Waals surface area contributed by atoms with Crippen LogP contribution in [0.2, 0.25) is 0 Å². The second kappa shape index (κ2) is 16.3. The number of carboxylic acids is 1. The number of hydrogen-bond donors (Lipinski definition) is 1. The van der Waals surface area contributed by atoms with E-state index < -0.39 is 5.97 Å². The van der Waals surface area contributed by atoms with Crippen molar-refractivity contribution in [1.29, 1.82) is 0 Å². The molecule has 1 aliphatic rings. The molecule has 1 unspecified atom stereocenters. The van der Waals surface area contributed by atoms with E-state index in [1.807, 2.05) is 6.20 Å². The van der Waals surface area contributed by atoms with Gasteiger partial charge in [0, 0.05) is 13.0 Å². The van der Waals surface area contributed by atoms with Crippen molar-refractivity contribution in [2.45, 2.75) is 96.8 Å². The molecule has 1 rings (SSSR count). The van der Waals surface area contributed by atoms with Crippen LogP contribution in [-0.4, -0.2) is 35.9 Å². The van der Waals surface area contributed by atoms with E-state index in [-0.39, 0.29) is 11.0 Å². The summed E-state index contributed by atoms with van der Waals surface area (Å²) in [5.74, 6) is -0.129. The smallest absolute Gasteiger partial charge is 0.207 e. The van der Waals surface area contributed by atoms with E-state index in [4.69, 9.17) is 5.73 Å². The minimum absolute atomic E-state index is 0.0675. The molecular formula is C24H43N3O2. The number of allylic oxidation sites excluding steroid dienone is 2. The molecule has 0 aromatic heterocycles. The summed E-state index contributed by atoms with van der Waals surface area (Å²) >= 11 is 0. The number of quaternary nitrogens is 1. The molecule has 2 N–H and O–H groups in total. The normalized spacial score (nSPS) is 18.6. The van der Waals surface area contributed by atoms with E-state index in [9.17, 15) is 9.90 Å². The Balaban J connectivity index is 2.00. The minimum Gasteiger partial charge on any atom is -0.544 e. The molecule has 1 aliphatic heterocycles. The molecule has 29 heavy (non-hydrogen) atoms. The number of carboxylic acid groups (broad SMARTS) is 1. The van der Waals surface area contributed by atoms with Gasteiger partial charge in [0.15, 0.2) is 0 Å². The van der Waals surface area contributed by atoms with Crippen molar-refractivity contribution < 1.29 is 14.4 Å². The summed E-state index contributed by atoms with van der Waals surface area (Å²) in [6.07, 6.45) is 25.7. The maximum Gasteiger partial charge on any atom is 0.207 e. The van der Waals surface area contributed by atoms with Gasteiger partial charge in [-0.2, -0.15) is 0 Å². The number of hydrogen-bond acceptors (Lipinski definition) is 4. The number of carbonyl (C=O) groups excluding carboxylic acids is 1. The molecule has 0 fully saturated rings. The van der Waals surface area contributed by atoms with Crippen molar-refractivity contribution in [3.63, 3.8) is 0 Å². The highest BCUT2D eigenvalue weighted by Gasteiger charge is 2.34. The van der Waals surface area contributed by atoms with Crippen LogP contribution in [0.15, 0.2) is 29.5 Å². The summed E-state index contributed by atoms with van der Waals surface area (Å²) in [7, 11) is 0. The lowest BCUT2D eigenvalue weighted by Gasteiger charge is -2.32. The van der Waals surface area contributed by atoms with Crippen molar-refractivity contribution in [2.24, 2.45) is 10.7 Å². The summed E-state index contributed by atoms with van der Waals surface area (Å²) in [6.45, 7) is 3.12. The molecule has 0 radical (unpaired) electrons. The van der Waals surface area contributed by atoms with Gasteiger partial charge in [0.05, 0.1) is 12.2 Å². The van der Waals surface area contributed by atoms with Gasteiger partial charge < -0.3 is 15.6 Å². The number of nitrogens with two attached hydrogens (primary N) is 1. The van der Waals surface area contributed by atoms with Gasteiger partial charge in [0.1, 0.15) is 19.3 Å². The van der Waals surface area contributed by atoms with Crippen LogP contribution >= 0.6 is 0 Å². The van der Waals surface area contributed by atoms with E-state index in [1.54, 1.807) is 6.20 Å². The fraction of sp³-hybridized carbons (Fsp3) is 0.750. The highest BCUT2D eigenvalue weighted by molar-refractivity contribution is 5.80. The second-order valence-electron chi connectivity index (χ2n) is 8.23. The number of rotatable bonds is 19. The van der Waals surface area contributed by atoms with Crippen LogP contribution in [0.3, 0.4) is 0 Å². The van der Waals surface area contributed by atoms with E-state index in [0.717, 1.165) is 25.1 Å². The lowest BCUT2D eigenvalue weighted by atomic mass is 10.0. The maximum atomic E-state index is 11.1. The molecule has 5 heteroatoms. The molecule has 0 aromatic rings. The Hall–Kier alpha value is -1.46. The average Bonchev–Trinajstić information content (AvgIpc) is 3.06. The van der Waals surface area contributed by atoms with Gasteiger partial charge in [-0.15, -0.1) is 0 Å². The van der Waals surface area contributed by atoms with Gasteiger partial charge >= 0.3 is 0 Å². The molecule has 166 valence electrons. The molecular weight excluding hydrogens is 362 g/mol. The van der Waals surface area contributed by atoms with Crippen LogP contribution in [-0.2, 0) is 4.79 Å². The number of aliphatic carboxylic acids is 1. The monoisotopic (exact) mass is 405 g/mol. The van der Waals surface area contributed by atoms with Gasteiger partial charge in [-0.25, -0.2) is 9.48 Å². The number of amidine groups is 1. The van der Waals surface area contributed by atoms with Crippen molar-refractivity contribution in [3.8, 4) is 0 Å². The van der Waals surface area contributed by atoms with Crippen LogP contribution in [0.4, 0.5) is 0 Å². The van der Waals surface area contributed by atoms with Crippen LogP contribution in [0, 0.1) is 0 Å². The van der Waals surface area contributed by atoms with Crippen molar-refractivity contribution >= 4 is 11.8 Å². The molecule has 0 saturated carbocycles. The summed E-state index contributed by atoms with van der Waals surface area (Å²) in [5.41, 5.74) is 5.70. The number of nitrogens with zero attached hydrogens (tertiary/aromatic N) is 2.